The maximum absolute atomic E-state index is 12.0. The van der Waals surface area contributed by atoms with Crippen molar-refractivity contribution in [1.82, 2.24) is 10.2 Å². The summed E-state index contributed by atoms with van der Waals surface area (Å²) in [7, 11) is 0. The van der Waals surface area contributed by atoms with Gasteiger partial charge < -0.3 is 4.90 Å². The third-order valence-corrected chi connectivity index (χ3v) is 4.49. The van der Waals surface area contributed by atoms with Crippen LogP contribution < -0.4 is 5.32 Å². The van der Waals surface area contributed by atoms with Crippen LogP contribution in [0.4, 0.5) is 0 Å². The molecular formula is C17H24N2O. The van der Waals surface area contributed by atoms with Crippen LogP contribution in [0.1, 0.15) is 49.9 Å². The second-order valence-corrected chi connectivity index (χ2v) is 6.05. The maximum atomic E-state index is 12.0. The quantitative estimate of drug-likeness (QED) is 0.863. The molecule has 0 bridgehead atoms. The predicted molar refractivity (Wildman–Crippen MR) is 80.2 cm³/mol. The van der Waals surface area contributed by atoms with Gasteiger partial charge in [0.2, 0.25) is 5.91 Å². The largest absolute Gasteiger partial charge is 0.322 e. The van der Waals surface area contributed by atoms with E-state index in [4.69, 9.17) is 0 Å². The molecule has 1 aromatic carbocycles. The monoisotopic (exact) mass is 272 g/mol. The number of nitrogens with one attached hydrogen (secondary N) is 1. The normalized spacial score (nSPS) is 22.6. The van der Waals surface area contributed by atoms with E-state index in [0.29, 0.717) is 6.54 Å². The summed E-state index contributed by atoms with van der Waals surface area (Å²) in [5, 5.41) is 3.34. The Balaban J connectivity index is 1.64. The SMILES string of the molecule is CCc1ccc(C2NCC(=O)N2CCCC2CC2)cc1. The van der Waals surface area contributed by atoms with Gasteiger partial charge in [-0.2, -0.15) is 0 Å². The first-order valence-corrected chi connectivity index (χ1v) is 7.89. The lowest BCUT2D eigenvalue weighted by atomic mass is 10.1. The first-order valence-electron chi connectivity index (χ1n) is 7.89. The Bertz CT molecular complexity index is 464. The van der Waals surface area contributed by atoms with Gasteiger partial charge >= 0.3 is 0 Å². The lowest BCUT2D eigenvalue weighted by molar-refractivity contribution is -0.128. The van der Waals surface area contributed by atoms with Crippen LogP contribution in [0.5, 0.6) is 0 Å². The van der Waals surface area contributed by atoms with Gasteiger partial charge in [0.05, 0.1) is 6.54 Å². The second kappa shape index (κ2) is 5.96. The molecule has 2 aliphatic rings. The maximum Gasteiger partial charge on any atom is 0.238 e. The summed E-state index contributed by atoms with van der Waals surface area (Å²) >= 11 is 0. The van der Waals surface area contributed by atoms with E-state index in [-0.39, 0.29) is 12.1 Å². The third-order valence-electron chi connectivity index (χ3n) is 4.49. The molecule has 1 aliphatic heterocycles. The molecule has 1 saturated carbocycles. The van der Waals surface area contributed by atoms with Gasteiger partial charge in [-0.1, -0.05) is 44.0 Å². The summed E-state index contributed by atoms with van der Waals surface area (Å²) in [6.45, 7) is 3.53. The van der Waals surface area contributed by atoms with Crippen LogP contribution in [-0.4, -0.2) is 23.9 Å². The Labute approximate surface area is 121 Å². The van der Waals surface area contributed by atoms with Gasteiger partial charge in [0.25, 0.3) is 0 Å². The summed E-state index contributed by atoms with van der Waals surface area (Å²) in [4.78, 5) is 14.1. The van der Waals surface area contributed by atoms with Crippen molar-refractivity contribution in [3.63, 3.8) is 0 Å². The molecule has 3 nitrogen and oxygen atoms in total. The molecule has 2 fully saturated rings. The van der Waals surface area contributed by atoms with Crippen molar-refractivity contribution in [2.45, 2.75) is 45.2 Å². The topological polar surface area (TPSA) is 32.3 Å². The van der Waals surface area contributed by atoms with Crippen LogP contribution in [0.25, 0.3) is 0 Å². The molecule has 108 valence electrons. The lowest BCUT2D eigenvalue weighted by Crippen LogP contribution is -2.31. The van der Waals surface area contributed by atoms with Crippen molar-refractivity contribution in [1.29, 1.82) is 0 Å². The molecule has 1 saturated heterocycles. The van der Waals surface area contributed by atoms with Gasteiger partial charge in [-0.05, 0) is 36.3 Å². The number of carbonyl (C=O) groups excluding carboxylic acids is 1. The van der Waals surface area contributed by atoms with E-state index in [9.17, 15) is 4.79 Å². The number of rotatable bonds is 6. The number of hydrogen-bond donors (Lipinski definition) is 1. The first-order chi connectivity index (χ1) is 9.78. The van der Waals surface area contributed by atoms with Crippen LogP contribution in [0.15, 0.2) is 24.3 Å². The first kappa shape index (κ1) is 13.6. The van der Waals surface area contributed by atoms with E-state index in [1.54, 1.807) is 0 Å². The average molecular weight is 272 g/mol. The van der Waals surface area contributed by atoms with Gasteiger partial charge in [-0.3, -0.25) is 10.1 Å². The predicted octanol–water partition coefficient (Wildman–Crippen LogP) is 2.87. The van der Waals surface area contributed by atoms with Gasteiger partial charge in [-0.15, -0.1) is 0 Å². The standard InChI is InChI=1S/C17H24N2O/c1-2-13-7-9-15(10-8-13)17-18-12-16(20)19(17)11-3-4-14-5-6-14/h7-10,14,17-18H,2-6,11-12H2,1H3. The average Bonchev–Trinajstić information content (AvgIpc) is 3.23. The molecule has 1 amide bonds. The van der Waals surface area contributed by atoms with E-state index >= 15 is 0 Å². The highest BCUT2D eigenvalue weighted by Crippen LogP contribution is 2.34. The van der Waals surface area contributed by atoms with Crippen molar-refractivity contribution >= 4 is 5.91 Å². The highest BCUT2D eigenvalue weighted by Gasteiger charge is 2.31. The number of amides is 1. The summed E-state index contributed by atoms with van der Waals surface area (Å²) < 4.78 is 0. The zero-order chi connectivity index (χ0) is 13.9. The molecule has 1 aliphatic carbocycles. The number of aryl methyl sites for hydroxylation is 1. The molecule has 3 rings (SSSR count). The molecule has 1 heterocycles. The Morgan fingerprint density at radius 1 is 1.25 bits per heavy atom. The number of carbonyl (C=O) groups is 1. The zero-order valence-corrected chi connectivity index (χ0v) is 12.3. The van der Waals surface area contributed by atoms with E-state index in [0.717, 1.165) is 25.3 Å². The fraction of sp³-hybridized carbons (Fsp3) is 0.588. The highest BCUT2D eigenvalue weighted by atomic mass is 16.2. The van der Waals surface area contributed by atoms with E-state index < -0.39 is 0 Å². The lowest BCUT2D eigenvalue weighted by Gasteiger charge is -2.25. The summed E-state index contributed by atoms with van der Waals surface area (Å²) in [6.07, 6.45) is 6.35. The molecule has 0 radical (unpaired) electrons. The molecule has 20 heavy (non-hydrogen) atoms. The van der Waals surface area contributed by atoms with Gasteiger partial charge in [-0.25, -0.2) is 0 Å². The number of nitrogens with zero attached hydrogens (tertiary/aromatic N) is 1. The summed E-state index contributed by atoms with van der Waals surface area (Å²) in [6, 6.07) is 8.65. The van der Waals surface area contributed by atoms with E-state index in [1.807, 2.05) is 4.90 Å². The molecule has 0 spiro atoms. The zero-order valence-electron chi connectivity index (χ0n) is 12.3. The fourth-order valence-electron chi connectivity index (χ4n) is 2.98. The van der Waals surface area contributed by atoms with Crippen molar-refractivity contribution in [2.24, 2.45) is 5.92 Å². The minimum atomic E-state index is 0.0765. The molecule has 0 aromatic heterocycles. The highest BCUT2D eigenvalue weighted by molar-refractivity contribution is 5.80. The van der Waals surface area contributed by atoms with Gasteiger partial charge in [0.15, 0.2) is 0 Å². The smallest absolute Gasteiger partial charge is 0.238 e. The molecule has 1 atom stereocenters. The van der Waals surface area contributed by atoms with E-state index in [1.165, 1.54) is 30.4 Å². The molecule has 1 aromatic rings. The third kappa shape index (κ3) is 3.04. The van der Waals surface area contributed by atoms with Crippen molar-refractivity contribution in [2.75, 3.05) is 13.1 Å². The summed E-state index contributed by atoms with van der Waals surface area (Å²) in [5.41, 5.74) is 2.55. The molecule has 3 heteroatoms. The van der Waals surface area contributed by atoms with Gasteiger partial charge in [0, 0.05) is 6.54 Å². The molecule has 1 N–H and O–H groups in total. The minimum absolute atomic E-state index is 0.0765. The second-order valence-electron chi connectivity index (χ2n) is 6.05. The number of hydrogen-bond acceptors (Lipinski definition) is 2. The Morgan fingerprint density at radius 3 is 2.65 bits per heavy atom. The number of benzene rings is 1. The Hall–Kier alpha value is -1.35. The van der Waals surface area contributed by atoms with Crippen molar-refractivity contribution in [3.05, 3.63) is 35.4 Å². The van der Waals surface area contributed by atoms with E-state index in [2.05, 4.69) is 36.5 Å². The van der Waals surface area contributed by atoms with Crippen LogP contribution in [0.3, 0.4) is 0 Å². The van der Waals surface area contributed by atoms with Crippen LogP contribution in [0, 0.1) is 5.92 Å². The molecular weight excluding hydrogens is 248 g/mol. The fourth-order valence-corrected chi connectivity index (χ4v) is 2.98. The van der Waals surface area contributed by atoms with Crippen molar-refractivity contribution < 1.29 is 4.79 Å². The Morgan fingerprint density at radius 2 is 2.00 bits per heavy atom. The van der Waals surface area contributed by atoms with Crippen LogP contribution in [-0.2, 0) is 11.2 Å². The van der Waals surface area contributed by atoms with Gasteiger partial charge in [0.1, 0.15) is 6.17 Å². The van der Waals surface area contributed by atoms with Crippen LogP contribution in [0.2, 0.25) is 0 Å². The molecule has 1 unspecified atom stereocenters. The summed E-state index contributed by atoms with van der Waals surface area (Å²) in [5.74, 6) is 1.19. The van der Waals surface area contributed by atoms with Crippen LogP contribution >= 0.6 is 0 Å². The minimum Gasteiger partial charge on any atom is -0.322 e. The van der Waals surface area contributed by atoms with Crippen molar-refractivity contribution in [3.8, 4) is 0 Å². The Kier molecular flexibility index (Phi) is 4.06.